The molecule has 1 aromatic carbocycles. The van der Waals surface area contributed by atoms with E-state index in [9.17, 15) is 0 Å². The lowest BCUT2D eigenvalue weighted by molar-refractivity contribution is -0.123. The number of ether oxygens (including phenoxy) is 2. The van der Waals surface area contributed by atoms with E-state index in [1.54, 1.807) is 0 Å². The van der Waals surface area contributed by atoms with Gasteiger partial charge in [-0.05, 0) is 32.0 Å². The van der Waals surface area contributed by atoms with E-state index in [1.165, 1.54) is 5.69 Å². The van der Waals surface area contributed by atoms with Crippen molar-refractivity contribution >= 4 is 15.2 Å². The number of hydrogen-bond acceptors (Lipinski definition) is 3. The number of anilines is 1. The van der Waals surface area contributed by atoms with Gasteiger partial charge in [0.1, 0.15) is 0 Å². The zero-order valence-corrected chi connectivity index (χ0v) is 12.2. The van der Waals surface area contributed by atoms with Gasteiger partial charge in [-0.2, -0.15) is 0 Å². The van der Waals surface area contributed by atoms with Crippen molar-refractivity contribution in [2.24, 2.45) is 0 Å². The Morgan fingerprint density at radius 2 is 1.76 bits per heavy atom. The predicted octanol–water partition coefficient (Wildman–Crippen LogP) is 2.04. The Bertz CT molecular complexity index is 276. The van der Waals surface area contributed by atoms with Gasteiger partial charge in [0.15, 0.2) is 6.29 Å². The van der Waals surface area contributed by atoms with Crippen LogP contribution in [-0.2, 0) is 9.47 Å². The first-order valence-corrected chi connectivity index (χ1v) is 8.39. The molecule has 0 saturated carbocycles. The summed E-state index contributed by atoms with van der Waals surface area (Å²) in [6, 6.07) is 11.4. The average Bonchev–Trinajstić information content (AvgIpc) is 2.36. The summed E-state index contributed by atoms with van der Waals surface area (Å²) in [5.41, 5.74) is 1.20. The molecule has 3 nitrogen and oxygen atoms in total. The van der Waals surface area contributed by atoms with Crippen molar-refractivity contribution in [3.05, 3.63) is 30.3 Å². The fraction of sp³-hybridized carbons (Fsp3) is 0.538. The van der Waals surface area contributed by atoms with Crippen molar-refractivity contribution in [3.8, 4) is 0 Å². The lowest BCUT2D eigenvalue weighted by Crippen LogP contribution is -2.22. The van der Waals surface area contributed by atoms with Crippen molar-refractivity contribution in [2.75, 3.05) is 24.7 Å². The van der Waals surface area contributed by atoms with Gasteiger partial charge in [-0.3, -0.25) is 0 Å². The van der Waals surface area contributed by atoms with E-state index in [1.807, 2.05) is 32.0 Å². The number of rotatable bonds is 9. The lowest BCUT2D eigenvalue weighted by Gasteiger charge is -2.16. The van der Waals surface area contributed by atoms with Crippen LogP contribution in [0.2, 0.25) is 6.04 Å². The molecule has 0 saturated heterocycles. The minimum atomic E-state index is -0.182. The van der Waals surface area contributed by atoms with E-state index >= 15 is 0 Å². The van der Waals surface area contributed by atoms with Crippen LogP contribution in [0.1, 0.15) is 13.8 Å². The van der Waals surface area contributed by atoms with Crippen molar-refractivity contribution < 1.29 is 9.47 Å². The first-order valence-electron chi connectivity index (χ1n) is 6.39. The first-order chi connectivity index (χ1) is 8.36. The topological polar surface area (TPSA) is 30.5 Å². The van der Waals surface area contributed by atoms with Crippen LogP contribution in [0.3, 0.4) is 0 Å². The standard InChI is InChI=1S/C13H23NO2Si/c1-3-15-13(16-4-2)10-17-11-14-12-8-6-5-7-9-12/h5-9,13-14H,3-4,10-11,17H2,1-2H3. The van der Waals surface area contributed by atoms with Crippen molar-refractivity contribution in [1.29, 1.82) is 0 Å². The molecule has 0 aliphatic carbocycles. The fourth-order valence-corrected chi connectivity index (χ4v) is 2.98. The van der Waals surface area contributed by atoms with E-state index in [0.717, 1.165) is 25.4 Å². The van der Waals surface area contributed by atoms with Gasteiger partial charge in [-0.25, -0.2) is 0 Å². The Kier molecular flexibility index (Phi) is 7.71. The molecule has 1 aromatic rings. The molecule has 1 rings (SSSR count). The van der Waals surface area contributed by atoms with E-state index in [0.29, 0.717) is 0 Å². The van der Waals surface area contributed by atoms with Crippen molar-refractivity contribution in [2.45, 2.75) is 26.2 Å². The van der Waals surface area contributed by atoms with Crippen LogP contribution in [0, 0.1) is 0 Å². The molecular formula is C13H23NO2Si. The van der Waals surface area contributed by atoms with E-state index in [4.69, 9.17) is 9.47 Å². The minimum absolute atomic E-state index is 0.00856. The maximum Gasteiger partial charge on any atom is 0.154 e. The molecule has 0 amide bonds. The van der Waals surface area contributed by atoms with E-state index < -0.39 is 0 Å². The Balaban J connectivity index is 2.13. The van der Waals surface area contributed by atoms with Crippen LogP contribution in [0.25, 0.3) is 0 Å². The van der Waals surface area contributed by atoms with E-state index in [2.05, 4.69) is 17.4 Å². The summed E-state index contributed by atoms with van der Waals surface area (Å²) in [6.07, 6.45) is 1.09. The molecule has 0 bridgehead atoms. The first kappa shape index (κ1) is 14.2. The summed E-state index contributed by atoms with van der Waals surface area (Å²) in [4.78, 5) is 0. The Labute approximate surface area is 106 Å². The van der Waals surface area contributed by atoms with Gasteiger partial charge in [0, 0.05) is 34.6 Å². The monoisotopic (exact) mass is 253 g/mol. The third-order valence-corrected chi connectivity index (χ3v) is 3.91. The number of nitrogens with one attached hydrogen (secondary N) is 1. The largest absolute Gasteiger partial charge is 0.389 e. The van der Waals surface area contributed by atoms with Gasteiger partial charge in [0.2, 0.25) is 0 Å². The third-order valence-electron chi connectivity index (χ3n) is 2.42. The second-order valence-corrected chi connectivity index (χ2v) is 5.56. The molecule has 0 spiro atoms. The van der Waals surface area contributed by atoms with E-state index in [-0.39, 0.29) is 15.8 Å². The molecule has 0 aliphatic heterocycles. The third kappa shape index (κ3) is 6.46. The van der Waals surface area contributed by atoms with Crippen molar-refractivity contribution in [3.63, 3.8) is 0 Å². The number of hydrogen-bond donors (Lipinski definition) is 1. The van der Waals surface area contributed by atoms with Gasteiger partial charge in [0.25, 0.3) is 0 Å². The molecule has 17 heavy (non-hydrogen) atoms. The summed E-state index contributed by atoms with van der Waals surface area (Å²) in [5, 5.41) is 3.43. The van der Waals surface area contributed by atoms with Crippen LogP contribution in [-0.4, -0.2) is 35.2 Å². The lowest BCUT2D eigenvalue weighted by atomic mass is 10.3. The second-order valence-electron chi connectivity index (χ2n) is 3.78. The van der Waals surface area contributed by atoms with Crippen molar-refractivity contribution in [1.82, 2.24) is 0 Å². The van der Waals surface area contributed by atoms with Gasteiger partial charge >= 0.3 is 0 Å². The number of benzene rings is 1. The van der Waals surface area contributed by atoms with Gasteiger partial charge in [-0.15, -0.1) is 0 Å². The predicted molar refractivity (Wildman–Crippen MR) is 75.3 cm³/mol. The molecule has 0 unspecified atom stereocenters. The summed E-state index contributed by atoms with van der Waals surface area (Å²) in [6.45, 7) is 5.47. The summed E-state index contributed by atoms with van der Waals surface area (Å²) >= 11 is 0. The minimum Gasteiger partial charge on any atom is -0.389 e. The highest BCUT2D eigenvalue weighted by Gasteiger charge is 2.06. The highest BCUT2D eigenvalue weighted by Crippen LogP contribution is 2.05. The normalized spacial score (nSPS) is 11.5. The molecule has 0 radical (unpaired) electrons. The Hall–Kier alpha value is -0.843. The van der Waals surface area contributed by atoms with Crippen LogP contribution in [0.5, 0.6) is 0 Å². The zero-order valence-electron chi connectivity index (χ0n) is 10.8. The maximum atomic E-state index is 5.52. The molecule has 0 fully saturated rings. The maximum absolute atomic E-state index is 5.52. The second kappa shape index (κ2) is 9.21. The van der Waals surface area contributed by atoms with Gasteiger partial charge in [0.05, 0.1) is 0 Å². The highest BCUT2D eigenvalue weighted by atomic mass is 28.2. The van der Waals surface area contributed by atoms with Crippen LogP contribution in [0.4, 0.5) is 5.69 Å². The molecule has 0 atom stereocenters. The molecule has 0 aromatic heterocycles. The quantitative estimate of drug-likeness (QED) is 0.415. The molecule has 1 N–H and O–H groups in total. The summed E-state index contributed by atoms with van der Waals surface area (Å²) in [5.74, 6) is 0. The van der Waals surface area contributed by atoms with Gasteiger partial charge in [-0.1, -0.05) is 18.2 Å². The molecule has 4 heteroatoms. The van der Waals surface area contributed by atoms with Crippen LogP contribution < -0.4 is 5.32 Å². The Morgan fingerprint density at radius 3 is 2.35 bits per heavy atom. The molecular weight excluding hydrogens is 230 g/mol. The molecule has 0 heterocycles. The summed E-state index contributed by atoms with van der Waals surface area (Å²) < 4.78 is 11.0. The SMILES string of the molecule is CCOC(C[SiH2]CNc1ccccc1)OCC. The van der Waals surface area contributed by atoms with Crippen LogP contribution in [0.15, 0.2) is 30.3 Å². The highest BCUT2D eigenvalue weighted by molar-refractivity contribution is 6.36. The number of para-hydroxylation sites is 1. The van der Waals surface area contributed by atoms with Gasteiger partial charge < -0.3 is 14.8 Å². The fourth-order valence-electron chi connectivity index (χ4n) is 1.64. The molecule has 96 valence electrons. The van der Waals surface area contributed by atoms with Crippen LogP contribution >= 0.6 is 0 Å². The zero-order chi connectivity index (χ0) is 12.3. The smallest absolute Gasteiger partial charge is 0.154 e. The molecule has 0 aliphatic rings. The Morgan fingerprint density at radius 1 is 1.12 bits per heavy atom. The summed E-state index contributed by atoms with van der Waals surface area (Å²) in [7, 11) is -0.182. The average molecular weight is 253 g/mol.